The van der Waals surface area contributed by atoms with E-state index in [0.717, 1.165) is 32.2 Å². The smallest absolute Gasteiger partial charge is 0.281 e. The van der Waals surface area contributed by atoms with E-state index >= 15 is 0 Å². The lowest BCUT2D eigenvalue weighted by molar-refractivity contribution is -0.135. The van der Waals surface area contributed by atoms with Crippen LogP contribution in [-0.4, -0.2) is 80.2 Å². The molecule has 22 heavy (non-hydrogen) atoms. The third-order valence-corrected chi connectivity index (χ3v) is 6.78. The van der Waals surface area contributed by atoms with Gasteiger partial charge in [0.25, 0.3) is 10.2 Å². The summed E-state index contributed by atoms with van der Waals surface area (Å²) in [5, 5.41) is 3.06. The average Bonchev–Trinajstić information content (AvgIpc) is 3.32. The van der Waals surface area contributed by atoms with Gasteiger partial charge in [0.05, 0.1) is 6.54 Å². The minimum Gasteiger partial charge on any atom is -0.336 e. The maximum Gasteiger partial charge on any atom is 0.281 e. The Morgan fingerprint density at radius 3 is 2.73 bits per heavy atom. The van der Waals surface area contributed by atoms with E-state index in [1.54, 1.807) is 11.4 Å². The van der Waals surface area contributed by atoms with Crippen LogP contribution in [0.1, 0.15) is 25.7 Å². The van der Waals surface area contributed by atoms with Crippen LogP contribution in [0.2, 0.25) is 0 Å². The molecule has 3 aliphatic rings. The number of nitrogens with one attached hydrogen (secondary N) is 1. The van der Waals surface area contributed by atoms with Gasteiger partial charge in [0, 0.05) is 45.8 Å². The van der Waals surface area contributed by atoms with Crippen LogP contribution in [0.5, 0.6) is 0 Å². The Kier molecular flexibility index (Phi) is 4.72. The molecule has 126 valence electrons. The van der Waals surface area contributed by atoms with E-state index in [-0.39, 0.29) is 11.9 Å². The Labute approximate surface area is 132 Å². The minimum absolute atomic E-state index is 0.0208. The number of nitrogens with zero attached hydrogens (tertiary/aromatic N) is 3. The summed E-state index contributed by atoms with van der Waals surface area (Å²) in [6, 6.07) is 0.0208. The number of hydrogen-bond acceptors (Lipinski definition) is 4. The summed E-state index contributed by atoms with van der Waals surface area (Å²) in [5.74, 6) is 0.622. The lowest BCUT2D eigenvalue weighted by atomic mass is 10.1. The molecule has 1 atom stereocenters. The molecule has 2 saturated heterocycles. The lowest BCUT2D eigenvalue weighted by Crippen LogP contribution is -2.58. The van der Waals surface area contributed by atoms with Gasteiger partial charge >= 0.3 is 0 Å². The molecule has 0 aromatic heterocycles. The summed E-state index contributed by atoms with van der Waals surface area (Å²) in [4.78, 5) is 13.9. The Morgan fingerprint density at radius 2 is 2.05 bits per heavy atom. The van der Waals surface area contributed by atoms with Crippen LogP contribution in [0.15, 0.2) is 0 Å². The van der Waals surface area contributed by atoms with Gasteiger partial charge < -0.3 is 10.2 Å². The molecule has 2 aliphatic heterocycles. The maximum atomic E-state index is 12.7. The predicted molar refractivity (Wildman–Crippen MR) is 83.5 cm³/mol. The molecular weight excluding hydrogens is 304 g/mol. The van der Waals surface area contributed by atoms with Crippen molar-refractivity contribution in [3.8, 4) is 0 Å². The Balaban J connectivity index is 1.65. The van der Waals surface area contributed by atoms with Gasteiger partial charge in [0.2, 0.25) is 5.91 Å². The topological polar surface area (TPSA) is 73.0 Å². The molecule has 1 N–H and O–H groups in total. The summed E-state index contributed by atoms with van der Waals surface area (Å²) in [7, 11) is -1.72. The van der Waals surface area contributed by atoms with Crippen molar-refractivity contribution in [3.05, 3.63) is 0 Å². The van der Waals surface area contributed by atoms with Gasteiger partial charge in [0.1, 0.15) is 0 Å². The number of piperazine rings is 1. The predicted octanol–water partition coefficient (Wildman–Crippen LogP) is -0.531. The molecule has 2 heterocycles. The highest BCUT2D eigenvalue weighted by molar-refractivity contribution is 7.86. The van der Waals surface area contributed by atoms with Crippen molar-refractivity contribution in [1.82, 2.24) is 18.8 Å². The SMILES string of the molecule is CN(CC1CC1)S(=O)(=O)N1CCCC(N2CCNCC2=O)C1. The zero-order chi connectivity index (χ0) is 15.7. The van der Waals surface area contributed by atoms with Crippen LogP contribution in [0.4, 0.5) is 0 Å². The van der Waals surface area contributed by atoms with Gasteiger partial charge in [-0.3, -0.25) is 4.79 Å². The molecule has 3 rings (SSSR count). The van der Waals surface area contributed by atoms with Crippen molar-refractivity contribution in [1.29, 1.82) is 0 Å². The summed E-state index contributed by atoms with van der Waals surface area (Å²) in [6.07, 6.45) is 3.98. The molecule has 3 fully saturated rings. The normalized spacial score (nSPS) is 28.4. The molecule has 0 spiro atoms. The van der Waals surface area contributed by atoms with Crippen molar-refractivity contribution in [2.45, 2.75) is 31.7 Å². The molecule has 8 heteroatoms. The summed E-state index contributed by atoms with van der Waals surface area (Å²) in [5.41, 5.74) is 0. The molecule has 7 nitrogen and oxygen atoms in total. The quantitative estimate of drug-likeness (QED) is 0.735. The second kappa shape index (κ2) is 6.43. The first-order chi connectivity index (χ1) is 10.5. The standard InChI is InChI=1S/C14H26N4O3S/c1-16(10-12-4-5-12)22(20,21)17-7-2-3-13(11-17)18-8-6-15-9-14(18)19/h12-13,15H,2-11H2,1H3. The van der Waals surface area contributed by atoms with Gasteiger partial charge in [-0.05, 0) is 31.6 Å². The Bertz CT molecular complexity index is 520. The first-order valence-electron chi connectivity index (χ1n) is 8.20. The maximum absolute atomic E-state index is 12.7. The van der Waals surface area contributed by atoms with Crippen LogP contribution in [0.25, 0.3) is 0 Å². The lowest BCUT2D eigenvalue weighted by Gasteiger charge is -2.41. The molecule has 0 aromatic carbocycles. The van der Waals surface area contributed by atoms with Crippen LogP contribution in [0, 0.1) is 5.92 Å². The third-order valence-electron chi connectivity index (χ3n) is 4.86. The monoisotopic (exact) mass is 330 g/mol. The number of amides is 1. The minimum atomic E-state index is -3.39. The molecule has 1 saturated carbocycles. The number of carbonyl (C=O) groups excluding carboxylic acids is 1. The highest BCUT2D eigenvalue weighted by Crippen LogP contribution is 2.31. The molecule has 0 bridgehead atoms. The first kappa shape index (κ1) is 16.2. The highest BCUT2D eigenvalue weighted by atomic mass is 32.2. The zero-order valence-corrected chi connectivity index (χ0v) is 14.0. The van der Waals surface area contributed by atoms with Crippen molar-refractivity contribution >= 4 is 16.1 Å². The fourth-order valence-electron chi connectivity index (χ4n) is 3.35. The van der Waals surface area contributed by atoms with E-state index in [1.807, 2.05) is 4.90 Å². The van der Waals surface area contributed by atoms with Gasteiger partial charge in [-0.1, -0.05) is 0 Å². The van der Waals surface area contributed by atoms with Crippen molar-refractivity contribution in [3.63, 3.8) is 0 Å². The van der Waals surface area contributed by atoms with Crippen molar-refractivity contribution in [2.75, 3.05) is 46.3 Å². The van der Waals surface area contributed by atoms with Gasteiger partial charge in [-0.25, -0.2) is 0 Å². The van der Waals surface area contributed by atoms with Crippen LogP contribution >= 0.6 is 0 Å². The second-order valence-electron chi connectivity index (χ2n) is 6.65. The Morgan fingerprint density at radius 1 is 1.27 bits per heavy atom. The number of piperidine rings is 1. The molecule has 1 unspecified atom stereocenters. The zero-order valence-electron chi connectivity index (χ0n) is 13.2. The molecule has 1 aliphatic carbocycles. The fraction of sp³-hybridized carbons (Fsp3) is 0.929. The molecule has 0 radical (unpaired) electrons. The molecule has 0 aromatic rings. The van der Waals surface area contributed by atoms with E-state index in [9.17, 15) is 13.2 Å². The van der Waals surface area contributed by atoms with Gasteiger partial charge in [0.15, 0.2) is 0 Å². The highest BCUT2D eigenvalue weighted by Gasteiger charge is 2.37. The summed E-state index contributed by atoms with van der Waals surface area (Å²) < 4.78 is 28.5. The Hall–Kier alpha value is -0.700. The van der Waals surface area contributed by atoms with Crippen molar-refractivity contribution < 1.29 is 13.2 Å². The van der Waals surface area contributed by atoms with E-state index in [2.05, 4.69) is 5.32 Å². The molecule has 1 amide bonds. The van der Waals surface area contributed by atoms with E-state index in [0.29, 0.717) is 38.6 Å². The van der Waals surface area contributed by atoms with Gasteiger partial charge in [-0.2, -0.15) is 17.0 Å². The van der Waals surface area contributed by atoms with Crippen LogP contribution < -0.4 is 5.32 Å². The fourth-order valence-corrected chi connectivity index (χ4v) is 4.86. The van der Waals surface area contributed by atoms with Crippen molar-refractivity contribution in [2.24, 2.45) is 5.92 Å². The second-order valence-corrected chi connectivity index (χ2v) is 8.69. The molecular formula is C14H26N4O3S. The number of hydrogen-bond donors (Lipinski definition) is 1. The number of carbonyl (C=O) groups is 1. The average molecular weight is 330 g/mol. The first-order valence-corrected chi connectivity index (χ1v) is 9.60. The van der Waals surface area contributed by atoms with E-state index < -0.39 is 10.2 Å². The van der Waals surface area contributed by atoms with Gasteiger partial charge in [-0.15, -0.1) is 0 Å². The number of rotatable bonds is 5. The largest absolute Gasteiger partial charge is 0.336 e. The summed E-state index contributed by atoms with van der Waals surface area (Å²) >= 11 is 0. The third kappa shape index (κ3) is 3.45. The van der Waals surface area contributed by atoms with E-state index in [4.69, 9.17) is 0 Å². The summed E-state index contributed by atoms with van der Waals surface area (Å²) in [6.45, 7) is 3.45. The van der Waals surface area contributed by atoms with E-state index in [1.165, 1.54) is 4.31 Å². The van der Waals surface area contributed by atoms with Crippen LogP contribution in [0.3, 0.4) is 0 Å². The van der Waals surface area contributed by atoms with Crippen LogP contribution in [-0.2, 0) is 15.0 Å².